The molecule has 0 bridgehead atoms. The highest BCUT2D eigenvalue weighted by Crippen LogP contribution is 2.24. The van der Waals surface area contributed by atoms with Gasteiger partial charge in [-0.15, -0.1) is 0 Å². The predicted octanol–water partition coefficient (Wildman–Crippen LogP) is 1.86. The highest BCUT2D eigenvalue weighted by Gasteiger charge is 2.18. The van der Waals surface area contributed by atoms with E-state index in [0.717, 1.165) is 12.8 Å². The molecule has 4 heteroatoms. The van der Waals surface area contributed by atoms with Crippen molar-refractivity contribution in [2.45, 2.75) is 32.1 Å². The van der Waals surface area contributed by atoms with Gasteiger partial charge < -0.3 is 10.4 Å². The molecule has 0 saturated heterocycles. The monoisotopic (exact) mass is 170 g/mol. The smallest absolute Gasteiger partial charge is 0.104 e. The lowest BCUT2D eigenvalue weighted by Gasteiger charge is -2.19. The summed E-state index contributed by atoms with van der Waals surface area (Å²) in [6, 6.07) is 0. The molecule has 0 aromatic rings. The van der Waals surface area contributed by atoms with Crippen molar-refractivity contribution in [1.29, 1.82) is 0 Å². The van der Waals surface area contributed by atoms with Gasteiger partial charge in [-0.3, -0.25) is 0 Å². The Bertz CT molecular complexity index is 183. The topological polar surface area (TPSA) is 65.2 Å². The van der Waals surface area contributed by atoms with E-state index in [0.29, 0.717) is 5.71 Å². The van der Waals surface area contributed by atoms with Crippen LogP contribution in [0.5, 0.6) is 0 Å². The Morgan fingerprint density at radius 1 is 1.17 bits per heavy atom. The maximum Gasteiger partial charge on any atom is 0.104 e. The van der Waals surface area contributed by atoms with Crippen molar-refractivity contribution in [3.63, 3.8) is 0 Å². The molecule has 0 aromatic carbocycles. The second kappa shape index (κ2) is 4.74. The van der Waals surface area contributed by atoms with E-state index < -0.39 is 0 Å². The molecule has 0 unspecified atom stereocenters. The lowest BCUT2D eigenvalue weighted by Crippen LogP contribution is -2.19. The van der Waals surface area contributed by atoms with Gasteiger partial charge in [-0.1, -0.05) is 29.6 Å². The molecule has 1 fully saturated rings. The first-order chi connectivity index (χ1) is 5.88. The first kappa shape index (κ1) is 9.03. The Balaban J connectivity index is 2.52. The molecule has 2 N–H and O–H groups in total. The zero-order valence-electron chi connectivity index (χ0n) is 6.98. The van der Waals surface area contributed by atoms with Gasteiger partial charge in [0.2, 0.25) is 0 Å². The molecule has 0 spiro atoms. The fourth-order valence-electron chi connectivity index (χ4n) is 1.67. The second-order valence-electron chi connectivity index (χ2n) is 3.10. The van der Waals surface area contributed by atoms with Crippen LogP contribution in [-0.4, -0.2) is 22.3 Å². The Morgan fingerprint density at radius 2 is 1.83 bits per heavy atom. The van der Waals surface area contributed by atoms with E-state index >= 15 is 0 Å². The van der Waals surface area contributed by atoms with Crippen LogP contribution in [0.25, 0.3) is 0 Å². The average Bonchev–Trinajstić information content (AvgIpc) is 2.15. The standard InChI is InChI=1S/C8H14N2O2/c11-9-6-8(10-12)7-4-2-1-3-5-7/h6-7,11-12H,1-5H2/b9-6?,10-8+. The first-order valence-corrected chi connectivity index (χ1v) is 4.28. The summed E-state index contributed by atoms with van der Waals surface area (Å²) in [5, 5.41) is 22.8. The van der Waals surface area contributed by atoms with Gasteiger partial charge in [0, 0.05) is 5.92 Å². The van der Waals surface area contributed by atoms with Crippen molar-refractivity contribution in [3.8, 4) is 0 Å². The van der Waals surface area contributed by atoms with Crippen molar-refractivity contribution in [1.82, 2.24) is 0 Å². The minimum absolute atomic E-state index is 0.277. The molecule has 4 nitrogen and oxygen atoms in total. The van der Waals surface area contributed by atoms with Gasteiger partial charge in [0.15, 0.2) is 0 Å². The zero-order chi connectivity index (χ0) is 8.81. The van der Waals surface area contributed by atoms with Gasteiger partial charge in [0.1, 0.15) is 5.71 Å². The Labute approximate surface area is 71.6 Å². The normalized spacial score (nSPS) is 21.8. The maximum absolute atomic E-state index is 8.59. The van der Waals surface area contributed by atoms with Crippen molar-refractivity contribution in [3.05, 3.63) is 0 Å². The van der Waals surface area contributed by atoms with Crippen LogP contribution in [0.15, 0.2) is 10.3 Å². The maximum atomic E-state index is 8.59. The molecule has 0 amide bonds. The molecule has 0 radical (unpaired) electrons. The average molecular weight is 170 g/mol. The minimum atomic E-state index is 0.277. The Kier molecular flexibility index (Phi) is 3.57. The Hall–Kier alpha value is -1.06. The summed E-state index contributed by atoms with van der Waals surface area (Å²) >= 11 is 0. The molecule has 0 heterocycles. The van der Waals surface area contributed by atoms with E-state index in [1.54, 1.807) is 0 Å². The third-order valence-electron chi connectivity index (χ3n) is 2.33. The third-order valence-corrected chi connectivity index (χ3v) is 2.33. The fourth-order valence-corrected chi connectivity index (χ4v) is 1.67. The second-order valence-corrected chi connectivity index (χ2v) is 3.10. The molecule has 1 saturated carbocycles. The lowest BCUT2D eigenvalue weighted by atomic mass is 9.86. The van der Waals surface area contributed by atoms with Crippen LogP contribution in [-0.2, 0) is 0 Å². The summed E-state index contributed by atoms with van der Waals surface area (Å²) < 4.78 is 0. The van der Waals surface area contributed by atoms with E-state index in [1.165, 1.54) is 25.5 Å². The van der Waals surface area contributed by atoms with Gasteiger partial charge in [0.05, 0.1) is 6.21 Å². The zero-order valence-corrected chi connectivity index (χ0v) is 6.98. The summed E-state index contributed by atoms with van der Waals surface area (Å²) in [6.07, 6.45) is 6.88. The quantitative estimate of drug-likeness (QED) is 0.377. The van der Waals surface area contributed by atoms with Crippen LogP contribution in [0, 0.1) is 5.92 Å². The highest BCUT2D eigenvalue weighted by molar-refractivity contribution is 6.31. The number of rotatable bonds is 2. The van der Waals surface area contributed by atoms with Crippen LogP contribution in [0.4, 0.5) is 0 Å². The van der Waals surface area contributed by atoms with Crippen molar-refractivity contribution >= 4 is 11.9 Å². The number of nitrogens with zero attached hydrogens (tertiary/aromatic N) is 2. The van der Waals surface area contributed by atoms with Gasteiger partial charge in [-0.05, 0) is 12.8 Å². The van der Waals surface area contributed by atoms with E-state index in [-0.39, 0.29) is 5.92 Å². The van der Waals surface area contributed by atoms with Gasteiger partial charge in [-0.25, -0.2) is 0 Å². The molecule has 0 aromatic heterocycles. The summed E-state index contributed by atoms with van der Waals surface area (Å²) in [4.78, 5) is 0. The Morgan fingerprint density at radius 3 is 2.33 bits per heavy atom. The van der Waals surface area contributed by atoms with E-state index in [1.807, 2.05) is 0 Å². The van der Waals surface area contributed by atoms with Gasteiger partial charge in [0.25, 0.3) is 0 Å². The SMILES string of the molecule is ON=C/C(=N\O)C1CCCCC1. The van der Waals surface area contributed by atoms with Gasteiger partial charge in [-0.2, -0.15) is 0 Å². The van der Waals surface area contributed by atoms with Crippen molar-refractivity contribution in [2.24, 2.45) is 16.2 Å². The number of oxime groups is 2. The molecule has 68 valence electrons. The molecule has 12 heavy (non-hydrogen) atoms. The molecular weight excluding hydrogens is 156 g/mol. The van der Waals surface area contributed by atoms with E-state index in [9.17, 15) is 0 Å². The molecule has 1 aliphatic rings. The summed E-state index contributed by atoms with van der Waals surface area (Å²) in [6.45, 7) is 0. The number of hydrogen-bond donors (Lipinski definition) is 2. The van der Waals surface area contributed by atoms with Crippen LogP contribution in [0.3, 0.4) is 0 Å². The van der Waals surface area contributed by atoms with Crippen LogP contribution in [0.1, 0.15) is 32.1 Å². The van der Waals surface area contributed by atoms with Gasteiger partial charge >= 0.3 is 0 Å². The van der Waals surface area contributed by atoms with Crippen molar-refractivity contribution in [2.75, 3.05) is 0 Å². The van der Waals surface area contributed by atoms with Crippen LogP contribution in [0.2, 0.25) is 0 Å². The summed E-state index contributed by atoms with van der Waals surface area (Å²) in [7, 11) is 0. The predicted molar refractivity (Wildman–Crippen MR) is 46.1 cm³/mol. The lowest BCUT2D eigenvalue weighted by molar-refractivity contribution is 0.308. The summed E-state index contributed by atoms with van der Waals surface area (Å²) in [5.74, 6) is 0.277. The minimum Gasteiger partial charge on any atom is -0.411 e. The summed E-state index contributed by atoms with van der Waals surface area (Å²) in [5.41, 5.74) is 0.497. The molecule has 1 rings (SSSR count). The molecular formula is C8H14N2O2. The van der Waals surface area contributed by atoms with E-state index in [4.69, 9.17) is 10.4 Å². The highest BCUT2D eigenvalue weighted by atomic mass is 16.4. The molecule has 0 atom stereocenters. The largest absolute Gasteiger partial charge is 0.411 e. The third kappa shape index (κ3) is 2.22. The fraction of sp³-hybridized carbons (Fsp3) is 0.750. The van der Waals surface area contributed by atoms with Crippen molar-refractivity contribution < 1.29 is 10.4 Å². The van der Waals surface area contributed by atoms with Crippen LogP contribution < -0.4 is 0 Å². The molecule has 0 aliphatic heterocycles. The van der Waals surface area contributed by atoms with Crippen LogP contribution >= 0.6 is 0 Å². The molecule has 1 aliphatic carbocycles. The number of hydrogen-bond acceptors (Lipinski definition) is 4. The van der Waals surface area contributed by atoms with E-state index in [2.05, 4.69) is 10.3 Å². The first-order valence-electron chi connectivity index (χ1n) is 4.28.